The SMILES string of the molecule is O=C(c1ccccc1)N(Cc1ccc(Cl)cc1)c1ccccn1. The molecule has 1 aromatic heterocycles. The Bertz CT molecular complexity index is 773. The molecule has 0 aliphatic carbocycles. The fraction of sp³-hybridized carbons (Fsp3) is 0.0526. The largest absolute Gasteiger partial charge is 0.288 e. The third-order valence-corrected chi connectivity index (χ3v) is 3.70. The molecule has 0 radical (unpaired) electrons. The second kappa shape index (κ2) is 7.07. The Labute approximate surface area is 140 Å². The standard InChI is InChI=1S/C19H15ClN2O/c20-17-11-9-15(10-12-17)14-22(18-8-4-5-13-21-18)19(23)16-6-2-1-3-7-16/h1-13H,14H2. The van der Waals surface area contributed by atoms with Crippen LogP contribution in [0.15, 0.2) is 79.0 Å². The minimum Gasteiger partial charge on any atom is -0.288 e. The van der Waals surface area contributed by atoms with Gasteiger partial charge in [0.1, 0.15) is 5.82 Å². The van der Waals surface area contributed by atoms with E-state index >= 15 is 0 Å². The van der Waals surface area contributed by atoms with Crippen molar-refractivity contribution >= 4 is 23.3 Å². The van der Waals surface area contributed by atoms with E-state index in [0.717, 1.165) is 5.56 Å². The van der Waals surface area contributed by atoms with Crippen LogP contribution in [0.5, 0.6) is 0 Å². The second-order valence-corrected chi connectivity index (χ2v) is 5.51. The number of pyridine rings is 1. The summed E-state index contributed by atoms with van der Waals surface area (Å²) < 4.78 is 0. The number of anilines is 1. The number of rotatable bonds is 4. The summed E-state index contributed by atoms with van der Waals surface area (Å²) in [5.74, 6) is 0.538. The van der Waals surface area contributed by atoms with Gasteiger partial charge in [0.15, 0.2) is 0 Å². The Morgan fingerprint density at radius 3 is 2.26 bits per heavy atom. The van der Waals surface area contributed by atoms with Crippen molar-refractivity contribution in [2.75, 3.05) is 4.90 Å². The zero-order valence-corrected chi connectivity index (χ0v) is 13.1. The van der Waals surface area contributed by atoms with E-state index in [0.29, 0.717) is 22.9 Å². The summed E-state index contributed by atoms with van der Waals surface area (Å²) in [6.07, 6.45) is 1.68. The van der Waals surface area contributed by atoms with Gasteiger partial charge < -0.3 is 0 Å². The Morgan fingerprint density at radius 1 is 0.913 bits per heavy atom. The van der Waals surface area contributed by atoms with Crippen molar-refractivity contribution in [3.8, 4) is 0 Å². The number of carbonyl (C=O) groups excluding carboxylic acids is 1. The Balaban J connectivity index is 1.94. The first-order chi connectivity index (χ1) is 11.2. The average Bonchev–Trinajstić information content (AvgIpc) is 2.62. The topological polar surface area (TPSA) is 33.2 Å². The number of benzene rings is 2. The fourth-order valence-corrected chi connectivity index (χ4v) is 2.41. The van der Waals surface area contributed by atoms with Crippen LogP contribution in [0.4, 0.5) is 5.82 Å². The van der Waals surface area contributed by atoms with Crippen LogP contribution in [-0.4, -0.2) is 10.9 Å². The summed E-state index contributed by atoms with van der Waals surface area (Å²) in [4.78, 5) is 18.9. The summed E-state index contributed by atoms with van der Waals surface area (Å²) in [5.41, 5.74) is 1.62. The fourth-order valence-electron chi connectivity index (χ4n) is 2.28. The van der Waals surface area contributed by atoms with E-state index in [2.05, 4.69) is 4.98 Å². The Morgan fingerprint density at radius 2 is 1.61 bits per heavy atom. The molecule has 0 atom stereocenters. The van der Waals surface area contributed by atoms with Crippen molar-refractivity contribution < 1.29 is 4.79 Å². The highest BCUT2D eigenvalue weighted by Crippen LogP contribution is 2.19. The number of hydrogen-bond acceptors (Lipinski definition) is 2. The molecule has 0 unspecified atom stereocenters. The molecule has 4 heteroatoms. The zero-order valence-electron chi connectivity index (χ0n) is 12.4. The van der Waals surface area contributed by atoms with Crippen LogP contribution in [0.1, 0.15) is 15.9 Å². The quantitative estimate of drug-likeness (QED) is 0.704. The Kier molecular flexibility index (Phi) is 4.69. The van der Waals surface area contributed by atoms with Crippen LogP contribution in [-0.2, 0) is 6.54 Å². The first-order valence-corrected chi connectivity index (χ1v) is 7.64. The van der Waals surface area contributed by atoms with E-state index in [1.807, 2.05) is 60.7 Å². The predicted molar refractivity (Wildman–Crippen MR) is 92.6 cm³/mol. The predicted octanol–water partition coefficient (Wildman–Crippen LogP) is 4.58. The lowest BCUT2D eigenvalue weighted by molar-refractivity contribution is 0.0984. The first kappa shape index (κ1) is 15.3. The average molecular weight is 323 g/mol. The van der Waals surface area contributed by atoms with Gasteiger partial charge in [0.25, 0.3) is 5.91 Å². The number of halogens is 1. The molecule has 0 saturated heterocycles. The van der Waals surface area contributed by atoms with Crippen LogP contribution in [0.3, 0.4) is 0 Å². The van der Waals surface area contributed by atoms with Gasteiger partial charge in [-0.25, -0.2) is 4.98 Å². The summed E-state index contributed by atoms with van der Waals surface area (Å²) in [6, 6.07) is 22.2. The van der Waals surface area contributed by atoms with Crippen molar-refractivity contribution in [3.63, 3.8) is 0 Å². The van der Waals surface area contributed by atoms with Crippen LogP contribution < -0.4 is 4.90 Å². The number of aromatic nitrogens is 1. The van der Waals surface area contributed by atoms with Crippen LogP contribution in [0.2, 0.25) is 5.02 Å². The van der Waals surface area contributed by atoms with Crippen molar-refractivity contribution in [3.05, 3.63) is 95.1 Å². The minimum atomic E-state index is -0.0840. The van der Waals surface area contributed by atoms with Crippen molar-refractivity contribution in [2.45, 2.75) is 6.54 Å². The van der Waals surface area contributed by atoms with Gasteiger partial charge in [-0.1, -0.05) is 48.0 Å². The van der Waals surface area contributed by atoms with Crippen molar-refractivity contribution in [1.29, 1.82) is 0 Å². The van der Waals surface area contributed by atoms with Gasteiger partial charge in [-0.3, -0.25) is 9.69 Å². The second-order valence-electron chi connectivity index (χ2n) is 5.07. The third-order valence-electron chi connectivity index (χ3n) is 3.45. The van der Waals surface area contributed by atoms with E-state index in [-0.39, 0.29) is 5.91 Å². The normalized spacial score (nSPS) is 10.3. The van der Waals surface area contributed by atoms with Gasteiger partial charge in [0.2, 0.25) is 0 Å². The molecule has 3 aromatic rings. The number of amides is 1. The van der Waals surface area contributed by atoms with E-state index in [9.17, 15) is 4.79 Å². The molecule has 1 amide bonds. The molecule has 0 spiro atoms. The molecule has 0 bridgehead atoms. The summed E-state index contributed by atoms with van der Waals surface area (Å²) >= 11 is 5.93. The first-order valence-electron chi connectivity index (χ1n) is 7.26. The van der Waals surface area contributed by atoms with Crippen LogP contribution >= 0.6 is 11.6 Å². The molecule has 3 rings (SSSR count). The summed E-state index contributed by atoms with van der Waals surface area (Å²) in [7, 11) is 0. The zero-order chi connectivity index (χ0) is 16.1. The van der Waals surface area contributed by atoms with Crippen molar-refractivity contribution in [1.82, 2.24) is 4.98 Å². The molecule has 0 aliphatic rings. The molecule has 0 saturated carbocycles. The maximum atomic E-state index is 12.9. The van der Waals surface area contributed by atoms with Gasteiger partial charge in [-0.2, -0.15) is 0 Å². The lowest BCUT2D eigenvalue weighted by Gasteiger charge is -2.22. The lowest BCUT2D eigenvalue weighted by atomic mass is 10.1. The van der Waals surface area contributed by atoms with Gasteiger partial charge in [0.05, 0.1) is 6.54 Å². The number of hydrogen-bond donors (Lipinski definition) is 0. The number of carbonyl (C=O) groups is 1. The highest BCUT2D eigenvalue weighted by molar-refractivity contribution is 6.30. The third kappa shape index (κ3) is 3.76. The molecule has 2 aromatic carbocycles. The van der Waals surface area contributed by atoms with Gasteiger partial charge in [-0.15, -0.1) is 0 Å². The molecular weight excluding hydrogens is 308 g/mol. The maximum absolute atomic E-state index is 12.9. The van der Waals surface area contributed by atoms with Crippen molar-refractivity contribution in [2.24, 2.45) is 0 Å². The van der Waals surface area contributed by atoms with Gasteiger partial charge in [0, 0.05) is 16.8 Å². The summed E-state index contributed by atoms with van der Waals surface area (Å²) in [5, 5.41) is 0.674. The molecular formula is C19H15ClN2O. The van der Waals surface area contributed by atoms with E-state index in [1.165, 1.54) is 0 Å². The molecule has 0 aliphatic heterocycles. The Hall–Kier alpha value is -2.65. The van der Waals surface area contributed by atoms with Crippen LogP contribution in [0, 0.1) is 0 Å². The molecule has 23 heavy (non-hydrogen) atoms. The van der Waals surface area contributed by atoms with E-state index in [1.54, 1.807) is 23.2 Å². The monoisotopic (exact) mass is 322 g/mol. The highest BCUT2D eigenvalue weighted by Gasteiger charge is 2.18. The maximum Gasteiger partial charge on any atom is 0.259 e. The smallest absolute Gasteiger partial charge is 0.259 e. The molecule has 0 N–H and O–H groups in total. The molecule has 3 nitrogen and oxygen atoms in total. The lowest BCUT2D eigenvalue weighted by Crippen LogP contribution is -2.31. The van der Waals surface area contributed by atoms with Gasteiger partial charge in [-0.05, 0) is 42.0 Å². The molecule has 1 heterocycles. The van der Waals surface area contributed by atoms with Gasteiger partial charge >= 0.3 is 0 Å². The molecule has 114 valence electrons. The van der Waals surface area contributed by atoms with Crippen LogP contribution in [0.25, 0.3) is 0 Å². The summed E-state index contributed by atoms with van der Waals surface area (Å²) in [6.45, 7) is 0.432. The highest BCUT2D eigenvalue weighted by atomic mass is 35.5. The van der Waals surface area contributed by atoms with E-state index < -0.39 is 0 Å². The number of nitrogens with zero attached hydrogens (tertiary/aromatic N) is 2. The minimum absolute atomic E-state index is 0.0840. The molecule has 0 fully saturated rings. The van der Waals surface area contributed by atoms with E-state index in [4.69, 9.17) is 11.6 Å².